The molecular weight excluding hydrogens is 180 g/mol. The molecule has 2 N–H and O–H groups in total. The molecule has 1 heterocycles. The van der Waals surface area contributed by atoms with Gasteiger partial charge in [0.25, 0.3) is 0 Å². The van der Waals surface area contributed by atoms with Gasteiger partial charge in [-0.1, -0.05) is 6.92 Å². The van der Waals surface area contributed by atoms with Crippen molar-refractivity contribution in [3.8, 4) is 0 Å². The average Bonchev–Trinajstić information content (AvgIpc) is 2.88. The van der Waals surface area contributed by atoms with Crippen LogP contribution in [0.5, 0.6) is 0 Å². The molecule has 76 valence electrons. The first-order valence-corrected chi connectivity index (χ1v) is 4.94. The Morgan fingerprint density at radius 1 is 1.79 bits per heavy atom. The Hall–Kier alpha value is -1.32. The second-order valence-electron chi connectivity index (χ2n) is 4.04. The highest BCUT2D eigenvalue weighted by Crippen LogP contribution is 2.39. The van der Waals surface area contributed by atoms with E-state index in [4.69, 9.17) is 5.11 Å². The van der Waals surface area contributed by atoms with Crippen LogP contribution in [0.2, 0.25) is 0 Å². The van der Waals surface area contributed by atoms with Gasteiger partial charge in [0, 0.05) is 18.0 Å². The predicted molar refractivity (Wildman–Crippen MR) is 51.1 cm³/mol. The zero-order valence-corrected chi connectivity index (χ0v) is 8.16. The molecule has 1 aromatic rings. The van der Waals surface area contributed by atoms with E-state index in [1.165, 1.54) is 12.8 Å². The Labute approximate surface area is 82.3 Å². The van der Waals surface area contributed by atoms with Crippen molar-refractivity contribution < 1.29 is 9.90 Å². The SMILES string of the molecule is CC(Cc1cc(C2CC2)n[nH]1)C(=O)O. The van der Waals surface area contributed by atoms with E-state index >= 15 is 0 Å². The van der Waals surface area contributed by atoms with Crippen LogP contribution in [0.1, 0.15) is 37.1 Å². The molecule has 0 aromatic carbocycles. The van der Waals surface area contributed by atoms with Crippen LogP contribution in [-0.4, -0.2) is 21.3 Å². The molecule has 0 spiro atoms. The number of nitrogens with one attached hydrogen (secondary N) is 1. The lowest BCUT2D eigenvalue weighted by Crippen LogP contribution is -2.12. The summed E-state index contributed by atoms with van der Waals surface area (Å²) in [5, 5.41) is 15.8. The molecule has 1 unspecified atom stereocenters. The van der Waals surface area contributed by atoms with Crippen LogP contribution < -0.4 is 0 Å². The fourth-order valence-corrected chi connectivity index (χ4v) is 1.49. The summed E-state index contributed by atoms with van der Waals surface area (Å²) in [4.78, 5) is 10.6. The van der Waals surface area contributed by atoms with Crippen molar-refractivity contribution in [3.05, 3.63) is 17.5 Å². The number of aromatic nitrogens is 2. The number of hydrogen-bond donors (Lipinski definition) is 2. The van der Waals surface area contributed by atoms with Crippen molar-refractivity contribution in [2.75, 3.05) is 0 Å². The average molecular weight is 194 g/mol. The molecule has 1 aromatic heterocycles. The summed E-state index contributed by atoms with van der Waals surface area (Å²) in [6, 6.07) is 2.00. The number of H-pyrrole nitrogens is 1. The van der Waals surface area contributed by atoms with Crippen molar-refractivity contribution >= 4 is 5.97 Å². The van der Waals surface area contributed by atoms with Gasteiger partial charge >= 0.3 is 5.97 Å². The Morgan fingerprint density at radius 2 is 2.50 bits per heavy atom. The number of carboxylic acid groups (broad SMARTS) is 1. The second kappa shape index (κ2) is 3.44. The molecule has 1 saturated carbocycles. The summed E-state index contributed by atoms with van der Waals surface area (Å²) >= 11 is 0. The molecule has 4 nitrogen and oxygen atoms in total. The molecule has 0 radical (unpaired) electrons. The molecule has 0 saturated heterocycles. The Balaban J connectivity index is 1.98. The van der Waals surface area contributed by atoms with E-state index in [1.807, 2.05) is 6.07 Å². The number of aromatic amines is 1. The van der Waals surface area contributed by atoms with Gasteiger partial charge in [-0.05, 0) is 18.9 Å². The van der Waals surface area contributed by atoms with Gasteiger partial charge in [-0.25, -0.2) is 0 Å². The molecule has 14 heavy (non-hydrogen) atoms. The van der Waals surface area contributed by atoms with Crippen LogP contribution in [-0.2, 0) is 11.2 Å². The number of hydrogen-bond acceptors (Lipinski definition) is 2. The summed E-state index contributed by atoms with van der Waals surface area (Å²) in [5.74, 6) is -0.477. The number of carbonyl (C=O) groups is 1. The van der Waals surface area contributed by atoms with Gasteiger partial charge in [-0.2, -0.15) is 5.10 Å². The van der Waals surface area contributed by atoms with E-state index in [0.29, 0.717) is 12.3 Å². The largest absolute Gasteiger partial charge is 0.481 e. The van der Waals surface area contributed by atoms with Crippen molar-refractivity contribution in [3.63, 3.8) is 0 Å². The molecule has 0 aliphatic heterocycles. The fraction of sp³-hybridized carbons (Fsp3) is 0.600. The van der Waals surface area contributed by atoms with Crippen molar-refractivity contribution in [2.24, 2.45) is 5.92 Å². The van der Waals surface area contributed by atoms with Crippen LogP contribution in [0, 0.1) is 5.92 Å². The number of carboxylic acids is 1. The number of nitrogens with zero attached hydrogens (tertiary/aromatic N) is 1. The van der Waals surface area contributed by atoms with Crippen molar-refractivity contribution in [1.82, 2.24) is 10.2 Å². The smallest absolute Gasteiger partial charge is 0.306 e. The Morgan fingerprint density at radius 3 is 3.07 bits per heavy atom. The standard InChI is InChI=1S/C10H14N2O2/c1-6(10(13)14)4-8-5-9(12-11-8)7-2-3-7/h5-7H,2-4H2,1H3,(H,11,12)(H,13,14). The first kappa shape index (κ1) is 9.24. The highest BCUT2D eigenvalue weighted by molar-refractivity contribution is 5.69. The van der Waals surface area contributed by atoms with Gasteiger partial charge in [-0.15, -0.1) is 0 Å². The molecule has 0 amide bonds. The van der Waals surface area contributed by atoms with Crippen molar-refractivity contribution in [1.29, 1.82) is 0 Å². The minimum absolute atomic E-state index is 0.345. The molecule has 1 aliphatic rings. The van der Waals surface area contributed by atoms with E-state index in [9.17, 15) is 4.79 Å². The minimum Gasteiger partial charge on any atom is -0.481 e. The maximum Gasteiger partial charge on any atom is 0.306 e. The monoisotopic (exact) mass is 194 g/mol. The third kappa shape index (κ3) is 1.95. The predicted octanol–water partition coefficient (Wildman–Crippen LogP) is 1.55. The summed E-state index contributed by atoms with van der Waals surface area (Å²) in [6.45, 7) is 1.71. The van der Waals surface area contributed by atoms with Gasteiger partial charge in [0.1, 0.15) is 0 Å². The van der Waals surface area contributed by atoms with E-state index in [0.717, 1.165) is 11.4 Å². The lowest BCUT2D eigenvalue weighted by Gasteiger charge is -2.01. The first-order valence-electron chi connectivity index (χ1n) is 4.94. The van der Waals surface area contributed by atoms with Gasteiger partial charge < -0.3 is 5.11 Å². The Kier molecular flexibility index (Phi) is 2.27. The molecular formula is C10H14N2O2. The van der Waals surface area contributed by atoms with Crippen LogP contribution >= 0.6 is 0 Å². The van der Waals surface area contributed by atoms with Gasteiger partial charge in [0.15, 0.2) is 0 Å². The summed E-state index contributed by atoms with van der Waals surface area (Å²) in [5.41, 5.74) is 2.03. The zero-order chi connectivity index (χ0) is 10.1. The summed E-state index contributed by atoms with van der Waals surface area (Å²) < 4.78 is 0. The van der Waals surface area contributed by atoms with E-state index in [-0.39, 0.29) is 5.92 Å². The van der Waals surface area contributed by atoms with Crippen molar-refractivity contribution in [2.45, 2.75) is 32.1 Å². The van der Waals surface area contributed by atoms with E-state index in [1.54, 1.807) is 6.92 Å². The summed E-state index contributed by atoms with van der Waals surface area (Å²) in [6.07, 6.45) is 2.98. The Bertz CT molecular complexity index is 342. The highest BCUT2D eigenvalue weighted by Gasteiger charge is 2.26. The maximum atomic E-state index is 10.6. The third-order valence-corrected chi connectivity index (χ3v) is 2.59. The molecule has 4 heteroatoms. The quantitative estimate of drug-likeness (QED) is 0.764. The van der Waals surface area contributed by atoms with Crippen LogP contribution in [0.25, 0.3) is 0 Å². The van der Waals surface area contributed by atoms with E-state index < -0.39 is 5.97 Å². The highest BCUT2D eigenvalue weighted by atomic mass is 16.4. The van der Waals surface area contributed by atoms with Crippen LogP contribution in [0.4, 0.5) is 0 Å². The minimum atomic E-state index is -0.757. The second-order valence-corrected chi connectivity index (χ2v) is 4.04. The number of rotatable bonds is 4. The molecule has 1 aliphatic carbocycles. The molecule has 2 rings (SSSR count). The molecule has 1 fully saturated rings. The maximum absolute atomic E-state index is 10.6. The lowest BCUT2D eigenvalue weighted by atomic mass is 10.1. The normalized spacial score (nSPS) is 18.1. The van der Waals surface area contributed by atoms with E-state index in [2.05, 4.69) is 10.2 Å². The third-order valence-electron chi connectivity index (χ3n) is 2.59. The van der Waals surface area contributed by atoms with Gasteiger partial charge in [-0.3, -0.25) is 9.89 Å². The van der Waals surface area contributed by atoms with Crippen LogP contribution in [0.15, 0.2) is 6.07 Å². The summed E-state index contributed by atoms with van der Waals surface area (Å²) in [7, 11) is 0. The number of aliphatic carboxylic acids is 1. The molecule has 1 atom stereocenters. The van der Waals surface area contributed by atoms with Gasteiger partial charge in [0.2, 0.25) is 0 Å². The first-order chi connectivity index (χ1) is 6.66. The topological polar surface area (TPSA) is 66.0 Å². The lowest BCUT2D eigenvalue weighted by molar-refractivity contribution is -0.141. The van der Waals surface area contributed by atoms with Gasteiger partial charge in [0.05, 0.1) is 11.6 Å². The zero-order valence-electron chi connectivity index (χ0n) is 8.16. The van der Waals surface area contributed by atoms with Crippen LogP contribution in [0.3, 0.4) is 0 Å². The fourth-order valence-electron chi connectivity index (χ4n) is 1.49. The molecule has 0 bridgehead atoms.